The fourth-order valence-corrected chi connectivity index (χ4v) is 2.00. The van der Waals surface area contributed by atoms with E-state index >= 15 is 0 Å². The third-order valence-electron chi connectivity index (χ3n) is 2.97. The van der Waals surface area contributed by atoms with Gasteiger partial charge in [0.25, 0.3) is 0 Å². The van der Waals surface area contributed by atoms with Crippen molar-refractivity contribution in [1.29, 1.82) is 0 Å². The molecule has 1 atom stereocenters. The normalized spacial score (nSPS) is 12.6. The van der Waals surface area contributed by atoms with Gasteiger partial charge in [0.15, 0.2) is 0 Å². The predicted octanol–water partition coefficient (Wildman–Crippen LogP) is 3.11. The lowest BCUT2D eigenvalue weighted by molar-refractivity contribution is 0.139. The average Bonchev–Trinajstić information content (AvgIpc) is 2.33. The van der Waals surface area contributed by atoms with Gasteiger partial charge in [0.05, 0.1) is 0 Å². The van der Waals surface area contributed by atoms with Crippen LogP contribution in [-0.2, 0) is 4.74 Å². The fourth-order valence-electron chi connectivity index (χ4n) is 2.00. The standard InChI is InChI=1S/C15H25NO/c1-4-16-12-15(9-10-17-5-2)14-8-6-7-13(3)11-14/h6-8,11,15-16H,4-5,9-10,12H2,1-3H3. The lowest BCUT2D eigenvalue weighted by Gasteiger charge is -2.18. The molecule has 1 rings (SSSR count). The zero-order valence-electron chi connectivity index (χ0n) is 11.3. The first-order valence-corrected chi connectivity index (χ1v) is 6.63. The van der Waals surface area contributed by atoms with Crippen molar-refractivity contribution in [3.05, 3.63) is 35.4 Å². The third kappa shape index (κ3) is 5.33. The highest BCUT2D eigenvalue weighted by Gasteiger charge is 2.10. The quantitative estimate of drug-likeness (QED) is 0.699. The maximum atomic E-state index is 5.47. The van der Waals surface area contributed by atoms with Gasteiger partial charge in [-0.25, -0.2) is 0 Å². The van der Waals surface area contributed by atoms with Crippen LogP contribution in [0.3, 0.4) is 0 Å². The van der Waals surface area contributed by atoms with Gasteiger partial charge >= 0.3 is 0 Å². The fraction of sp³-hybridized carbons (Fsp3) is 0.600. The number of aryl methyl sites for hydroxylation is 1. The largest absolute Gasteiger partial charge is 0.382 e. The van der Waals surface area contributed by atoms with Crippen molar-refractivity contribution in [1.82, 2.24) is 5.32 Å². The van der Waals surface area contributed by atoms with Gasteiger partial charge in [-0.2, -0.15) is 0 Å². The second-order valence-electron chi connectivity index (χ2n) is 4.40. The SMILES string of the molecule is CCNCC(CCOCC)c1cccc(C)c1. The second-order valence-corrected chi connectivity index (χ2v) is 4.40. The Labute approximate surface area is 105 Å². The van der Waals surface area contributed by atoms with Gasteiger partial charge in [0, 0.05) is 19.8 Å². The lowest BCUT2D eigenvalue weighted by Crippen LogP contribution is -2.22. The molecule has 0 spiro atoms. The summed E-state index contributed by atoms with van der Waals surface area (Å²) in [6.07, 6.45) is 1.09. The van der Waals surface area contributed by atoms with Crippen LogP contribution in [0.1, 0.15) is 37.3 Å². The van der Waals surface area contributed by atoms with Crippen LogP contribution >= 0.6 is 0 Å². The van der Waals surface area contributed by atoms with Crippen molar-refractivity contribution in [2.45, 2.75) is 33.1 Å². The molecule has 2 heteroatoms. The monoisotopic (exact) mass is 235 g/mol. The maximum Gasteiger partial charge on any atom is 0.0472 e. The van der Waals surface area contributed by atoms with E-state index in [9.17, 15) is 0 Å². The Morgan fingerprint density at radius 3 is 2.76 bits per heavy atom. The Morgan fingerprint density at radius 2 is 2.12 bits per heavy atom. The summed E-state index contributed by atoms with van der Waals surface area (Å²) in [5, 5.41) is 3.44. The Kier molecular flexibility index (Phi) is 6.90. The Balaban J connectivity index is 2.60. The molecule has 96 valence electrons. The van der Waals surface area contributed by atoms with Crippen LogP contribution < -0.4 is 5.32 Å². The third-order valence-corrected chi connectivity index (χ3v) is 2.97. The zero-order chi connectivity index (χ0) is 12.5. The minimum Gasteiger partial charge on any atom is -0.382 e. The molecule has 0 heterocycles. The summed E-state index contributed by atoms with van der Waals surface area (Å²) < 4.78 is 5.47. The minimum absolute atomic E-state index is 0.557. The predicted molar refractivity (Wildman–Crippen MR) is 73.6 cm³/mol. The molecule has 0 radical (unpaired) electrons. The van der Waals surface area contributed by atoms with Crippen LogP contribution in [-0.4, -0.2) is 26.3 Å². The van der Waals surface area contributed by atoms with Gasteiger partial charge in [-0.15, -0.1) is 0 Å². The van der Waals surface area contributed by atoms with Crippen LogP contribution in [0.25, 0.3) is 0 Å². The number of hydrogen-bond acceptors (Lipinski definition) is 2. The molecule has 0 saturated heterocycles. The highest BCUT2D eigenvalue weighted by Crippen LogP contribution is 2.20. The van der Waals surface area contributed by atoms with Crippen LogP contribution in [0.2, 0.25) is 0 Å². The highest BCUT2D eigenvalue weighted by molar-refractivity contribution is 5.25. The molecule has 1 aromatic carbocycles. The Bertz CT molecular complexity index is 312. The first-order chi connectivity index (χ1) is 8.27. The molecule has 0 aromatic heterocycles. The maximum absolute atomic E-state index is 5.47. The average molecular weight is 235 g/mol. The summed E-state index contributed by atoms with van der Waals surface area (Å²) in [5.74, 6) is 0.557. The second kappa shape index (κ2) is 8.26. The summed E-state index contributed by atoms with van der Waals surface area (Å²) in [6, 6.07) is 8.80. The van der Waals surface area contributed by atoms with Crippen molar-refractivity contribution in [3.8, 4) is 0 Å². The van der Waals surface area contributed by atoms with Crippen LogP contribution in [0.4, 0.5) is 0 Å². The van der Waals surface area contributed by atoms with Crippen LogP contribution in [0, 0.1) is 6.92 Å². The van der Waals surface area contributed by atoms with Gasteiger partial charge in [-0.1, -0.05) is 36.8 Å². The number of rotatable bonds is 8. The molecule has 0 amide bonds. The molecule has 2 nitrogen and oxygen atoms in total. The summed E-state index contributed by atoms with van der Waals surface area (Å²) in [5.41, 5.74) is 2.76. The Morgan fingerprint density at radius 1 is 1.29 bits per heavy atom. The molecule has 0 aliphatic heterocycles. The molecule has 1 aromatic rings. The Hall–Kier alpha value is -0.860. The zero-order valence-corrected chi connectivity index (χ0v) is 11.3. The molecule has 0 aliphatic carbocycles. The molecule has 0 saturated carbocycles. The van der Waals surface area contributed by atoms with E-state index < -0.39 is 0 Å². The van der Waals surface area contributed by atoms with Crippen molar-refractivity contribution < 1.29 is 4.74 Å². The molecule has 0 fully saturated rings. The van der Waals surface area contributed by atoms with Crippen molar-refractivity contribution in [2.75, 3.05) is 26.3 Å². The van der Waals surface area contributed by atoms with E-state index in [1.807, 2.05) is 6.92 Å². The van der Waals surface area contributed by atoms with Gasteiger partial charge in [-0.3, -0.25) is 0 Å². The van der Waals surface area contributed by atoms with E-state index in [-0.39, 0.29) is 0 Å². The number of benzene rings is 1. The van der Waals surface area contributed by atoms with E-state index in [0.717, 1.165) is 32.7 Å². The summed E-state index contributed by atoms with van der Waals surface area (Å²) >= 11 is 0. The van der Waals surface area contributed by atoms with E-state index in [0.29, 0.717) is 5.92 Å². The number of likely N-dealkylation sites (N-methyl/N-ethyl adjacent to an activating group) is 1. The van der Waals surface area contributed by atoms with Crippen molar-refractivity contribution in [2.24, 2.45) is 0 Å². The van der Waals surface area contributed by atoms with Crippen molar-refractivity contribution >= 4 is 0 Å². The van der Waals surface area contributed by atoms with E-state index in [1.54, 1.807) is 0 Å². The van der Waals surface area contributed by atoms with E-state index in [2.05, 4.69) is 43.4 Å². The van der Waals surface area contributed by atoms with Gasteiger partial charge < -0.3 is 10.1 Å². The molecule has 17 heavy (non-hydrogen) atoms. The van der Waals surface area contributed by atoms with Crippen LogP contribution in [0.15, 0.2) is 24.3 Å². The van der Waals surface area contributed by atoms with Gasteiger partial charge in [0.1, 0.15) is 0 Å². The van der Waals surface area contributed by atoms with E-state index in [4.69, 9.17) is 4.74 Å². The topological polar surface area (TPSA) is 21.3 Å². The molecule has 1 N–H and O–H groups in total. The summed E-state index contributed by atoms with van der Waals surface area (Å²) in [4.78, 5) is 0. The van der Waals surface area contributed by atoms with E-state index in [1.165, 1.54) is 11.1 Å². The smallest absolute Gasteiger partial charge is 0.0472 e. The lowest BCUT2D eigenvalue weighted by atomic mass is 9.94. The summed E-state index contributed by atoms with van der Waals surface area (Å²) in [7, 11) is 0. The summed E-state index contributed by atoms with van der Waals surface area (Å²) in [6.45, 7) is 10.1. The van der Waals surface area contributed by atoms with Gasteiger partial charge in [0.2, 0.25) is 0 Å². The van der Waals surface area contributed by atoms with Crippen molar-refractivity contribution in [3.63, 3.8) is 0 Å². The molecule has 0 bridgehead atoms. The minimum atomic E-state index is 0.557. The molecular formula is C15H25NO. The number of hydrogen-bond donors (Lipinski definition) is 1. The molecular weight excluding hydrogens is 210 g/mol. The first kappa shape index (κ1) is 14.2. The highest BCUT2D eigenvalue weighted by atomic mass is 16.5. The van der Waals surface area contributed by atoms with Crippen LogP contribution in [0.5, 0.6) is 0 Å². The molecule has 0 aliphatic rings. The molecule has 1 unspecified atom stereocenters. The number of ether oxygens (including phenoxy) is 1. The first-order valence-electron chi connectivity index (χ1n) is 6.63. The number of nitrogens with one attached hydrogen (secondary N) is 1. The van der Waals surface area contributed by atoms with Gasteiger partial charge in [-0.05, 0) is 38.3 Å².